The molecular weight excluding hydrogens is 341 g/mol. The molecule has 5 nitrogen and oxygen atoms in total. The molecule has 1 aromatic heterocycles. The molecule has 1 heterocycles. The number of aliphatic imine (C=N–C) groups is 1. The second-order valence-corrected chi connectivity index (χ2v) is 6.22. The normalized spacial score (nSPS) is 11.4. The Morgan fingerprint density at radius 1 is 1.11 bits per heavy atom. The number of hydrogen-bond donors (Lipinski definition) is 2. The fourth-order valence-electron chi connectivity index (χ4n) is 2.86. The van der Waals surface area contributed by atoms with Crippen LogP contribution in [0, 0.1) is 12.7 Å². The first-order valence-corrected chi connectivity index (χ1v) is 8.94. The van der Waals surface area contributed by atoms with E-state index >= 15 is 0 Å². The summed E-state index contributed by atoms with van der Waals surface area (Å²) < 4.78 is 16.2. The molecule has 27 heavy (non-hydrogen) atoms. The lowest BCUT2D eigenvalue weighted by Crippen LogP contribution is -2.37. The molecule has 2 aromatic carbocycles. The summed E-state index contributed by atoms with van der Waals surface area (Å²) in [6.45, 7) is 3.11. The smallest absolute Gasteiger partial charge is 0.191 e. The zero-order valence-electron chi connectivity index (χ0n) is 15.6. The van der Waals surface area contributed by atoms with Crippen LogP contribution >= 0.6 is 0 Å². The van der Waals surface area contributed by atoms with Gasteiger partial charge in [-0.3, -0.25) is 4.99 Å². The van der Waals surface area contributed by atoms with Gasteiger partial charge in [0.15, 0.2) is 5.96 Å². The van der Waals surface area contributed by atoms with Crippen LogP contribution in [0.15, 0.2) is 65.9 Å². The van der Waals surface area contributed by atoms with Crippen molar-refractivity contribution in [1.29, 1.82) is 0 Å². The Morgan fingerprint density at radius 2 is 1.93 bits per heavy atom. The topological polar surface area (TPSA) is 54.2 Å². The van der Waals surface area contributed by atoms with Gasteiger partial charge in [0.05, 0.1) is 5.69 Å². The number of halogens is 1. The van der Waals surface area contributed by atoms with Crippen LogP contribution in [0.4, 0.5) is 4.39 Å². The van der Waals surface area contributed by atoms with Gasteiger partial charge < -0.3 is 15.2 Å². The van der Waals surface area contributed by atoms with E-state index in [1.165, 1.54) is 5.56 Å². The number of rotatable bonds is 6. The third-order valence-corrected chi connectivity index (χ3v) is 4.33. The molecule has 3 aromatic rings. The van der Waals surface area contributed by atoms with Gasteiger partial charge in [-0.15, -0.1) is 0 Å². The fourth-order valence-corrected chi connectivity index (χ4v) is 2.86. The molecule has 0 unspecified atom stereocenters. The van der Waals surface area contributed by atoms with E-state index in [2.05, 4.69) is 32.7 Å². The van der Waals surface area contributed by atoms with Crippen LogP contribution in [-0.2, 0) is 13.0 Å². The second-order valence-electron chi connectivity index (χ2n) is 6.22. The van der Waals surface area contributed by atoms with Crippen LogP contribution in [0.3, 0.4) is 0 Å². The lowest BCUT2D eigenvalue weighted by atomic mass is 10.1. The molecule has 0 saturated carbocycles. The van der Waals surface area contributed by atoms with Gasteiger partial charge in [0.1, 0.15) is 11.6 Å². The Balaban J connectivity index is 1.54. The summed E-state index contributed by atoms with van der Waals surface area (Å²) in [6, 6.07) is 15.5. The van der Waals surface area contributed by atoms with Gasteiger partial charge >= 0.3 is 0 Å². The van der Waals surface area contributed by atoms with Crippen molar-refractivity contribution in [2.45, 2.75) is 19.9 Å². The van der Waals surface area contributed by atoms with Gasteiger partial charge in [0, 0.05) is 32.5 Å². The number of guanidine groups is 1. The van der Waals surface area contributed by atoms with Gasteiger partial charge in [-0.2, -0.15) is 0 Å². The van der Waals surface area contributed by atoms with Gasteiger partial charge in [0.2, 0.25) is 0 Å². The highest BCUT2D eigenvalue weighted by molar-refractivity contribution is 5.79. The lowest BCUT2D eigenvalue weighted by molar-refractivity contribution is 0.613. The fraction of sp³-hybridized carbons (Fsp3) is 0.238. The molecule has 0 spiro atoms. The summed E-state index contributed by atoms with van der Waals surface area (Å²) in [6.07, 6.45) is 4.33. The van der Waals surface area contributed by atoms with Crippen LogP contribution in [0.25, 0.3) is 5.69 Å². The van der Waals surface area contributed by atoms with Gasteiger partial charge in [-0.25, -0.2) is 9.37 Å². The van der Waals surface area contributed by atoms with Crippen LogP contribution in [0.2, 0.25) is 0 Å². The first-order valence-electron chi connectivity index (χ1n) is 8.94. The van der Waals surface area contributed by atoms with Crippen molar-refractivity contribution in [3.8, 4) is 5.69 Å². The van der Waals surface area contributed by atoms with E-state index in [1.54, 1.807) is 36.1 Å². The van der Waals surface area contributed by atoms with Crippen molar-refractivity contribution >= 4 is 5.96 Å². The molecule has 0 aliphatic carbocycles. The average molecular weight is 365 g/mol. The van der Waals surface area contributed by atoms with E-state index in [9.17, 15) is 4.39 Å². The molecule has 0 radical (unpaired) electrons. The molecule has 0 atom stereocenters. The zero-order chi connectivity index (χ0) is 19.1. The number of aromatic nitrogens is 2. The SMILES string of the molecule is CN=C(NCCc1ccccc1)NCc1ccc(-n2ccnc2C)c(F)c1. The highest BCUT2D eigenvalue weighted by atomic mass is 19.1. The quantitative estimate of drug-likeness (QED) is 0.521. The average Bonchev–Trinajstić information content (AvgIpc) is 3.11. The minimum absolute atomic E-state index is 0.276. The molecule has 2 N–H and O–H groups in total. The van der Waals surface area contributed by atoms with Crippen LogP contribution < -0.4 is 10.6 Å². The maximum Gasteiger partial charge on any atom is 0.191 e. The first kappa shape index (κ1) is 18.6. The second kappa shape index (κ2) is 8.98. The zero-order valence-corrected chi connectivity index (χ0v) is 15.6. The number of aryl methyl sites for hydroxylation is 1. The van der Waals surface area contributed by atoms with Crippen molar-refractivity contribution < 1.29 is 4.39 Å². The lowest BCUT2D eigenvalue weighted by Gasteiger charge is -2.13. The highest BCUT2D eigenvalue weighted by Crippen LogP contribution is 2.16. The molecule has 0 fully saturated rings. The Morgan fingerprint density at radius 3 is 2.59 bits per heavy atom. The number of imidazole rings is 1. The van der Waals surface area contributed by atoms with E-state index < -0.39 is 0 Å². The van der Waals surface area contributed by atoms with Crippen LogP contribution in [0.1, 0.15) is 17.0 Å². The summed E-state index contributed by atoms with van der Waals surface area (Å²) in [7, 11) is 1.73. The predicted molar refractivity (Wildman–Crippen MR) is 107 cm³/mol. The number of nitrogens with zero attached hydrogens (tertiary/aromatic N) is 3. The summed E-state index contributed by atoms with van der Waals surface area (Å²) in [4.78, 5) is 8.35. The van der Waals surface area contributed by atoms with E-state index in [-0.39, 0.29) is 5.82 Å². The van der Waals surface area contributed by atoms with Crippen LogP contribution in [0.5, 0.6) is 0 Å². The molecule has 0 bridgehead atoms. The Kier molecular flexibility index (Phi) is 6.20. The molecule has 0 saturated heterocycles. The van der Waals surface area contributed by atoms with E-state index in [0.29, 0.717) is 18.2 Å². The molecule has 140 valence electrons. The summed E-state index contributed by atoms with van der Waals surface area (Å²) >= 11 is 0. The van der Waals surface area contributed by atoms with Crippen LogP contribution in [-0.4, -0.2) is 29.1 Å². The molecule has 3 rings (SSSR count). The van der Waals surface area contributed by atoms with Gasteiger partial charge in [-0.1, -0.05) is 36.4 Å². The molecule has 0 amide bonds. The molecular formula is C21H24FN5. The minimum Gasteiger partial charge on any atom is -0.356 e. The monoisotopic (exact) mass is 365 g/mol. The predicted octanol–water partition coefficient (Wildman–Crippen LogP) is 3.23. The first-order chi connectivity index (χ1) is 13.2. The number of hydrogen-bond acceptors (Lipinski definition) is 2. The maximum absolute atomic E-state index is 14.5. The third-order valence-electron chi connectivity index (χ3n) is 4.33. The Labute approximate surface area is 159 Å². The van der Waals surface area contributed by atoms with Gasteiger partial charge in [-0.05, 0) is 36.6 Å². The van der Waals surface area contributed by atoms with E-state index in [4.69, 9.17) is 0 Å². The van der Waals surface area contributed by atoms with Crippen molar-refractivity contribution in [3.63, 3.8) is 0 Å². The maximum atomic E-state index is 14.5. The van der Waals surface area contributed by atoms with Gasteiger partial charge in [0.25, 0.3) is 0 Å². The Bertz CT molecular complexity index is 902. The van der Waals surface area contributed by atoms with E-state index in [1.807, 2.05) is 31.2 Å². The number of nitrogens with one attached hydrogen (secondary N) is 2. The molecule has 0 aliphatic heterocycles. The van der Waals surface area contributed by atoms with Crippen molar-refractivity contribution in [2.75, 3.05) is 13.6 Å². The van der Waals surface area contributed by atoms with Crippen molar-refractivity contribution in [1.82, 2.24) is 20.2 Å². The largest absolute Gasteiger partial charge is 0.356 e. The standard InChI is InChI=1S/C21H24FN5/c1-16-24-12-13-27(16)20-9-8-18(14-19(20)22)15-26-21(23-2)25-11-10-17-6-4-3-5-7-17/h3-9,12-14H,10-11,15H2,1-2H3,(H2,23,25,26). The molecule has 6 heteroatoms. The molecule has 0 aliphatic rings. The number of benzene rings is 2. The summed E-state index contributed by atoms with van der Waals surface area (Å²) in [5.74, 6) is 1.17. The summed E-state index contributed by atoms with van der Waals surface area (Å²) in [5, 5.41) is 6.49. The van der Waals surface area contributed by atoms with Crippen molar-refractivity contribution in [3.05, 3.63) is 83.7 Å². The van der Waals surface area contributed by atoms with E-state index in [0.717, 1.165) is 24.4 Å². The Hall–Kier alpha value is -3.15. The summed E-state index contributed by atoms with van der Waals surface area (Å²) in [5.41, 5.74) is 2.62. The third kappa shape index (κ3) is 4.94. The van der Waals surface area contributed by atoms with Crippen molar-refractivity contribution in [2.24, 2.45) is 4.99 Å². The highest BCUT2D eigenvalue weighted by Gasteiger charge is 2.08. The minimum atomic E-state index is -0.276.